The van der Waals surface area contributed by atoms with Crippen LogP contribution in [0.3, 0.4) is 0 Å². The van der Waals surface area contributed by atoms with Gasteiger partial charge in [0.1, 0.15) is 12.4 Å². The summed E-state index contributed by atoms with van der Waals surface area (Å²) in [5.41, 5.74) is 1.83. The van der Waals surface area contributed by atoms with E-state index in [9.17, 15) is 4.79 Å². The molecule has 8 heteroatoms. The molecule has 1 aliphatic heterocycles. The Morgan fingerprint density at radius 1 is 1.10 bits per heavy atom. The highest BCUT2D eigenvalue weighted by Gasteiger charge is 2.21. The Bertz CT molecular complexity index is 858. The van der Waals surface area contributed by atoms with Crippen molar-refractivity contribution in [3.63, 3.8) is 0 Å². The summed E-state index contributed by atoms with van der Waals surface area (Å²) < 4.78 is 11.3. The lowest BCUT2D eigenvalue weighted by Gasteiger charge is -2.36. The van der Waals surface area contributed by atoms with Gasteiger partial charge in [0.2, 0.25) is 0 Å². The van der Waals surface area contributed by atoms with Gasteiger partial charge < -0.3 is 14.4 Å². The molecule has 6 nitrogen and oxygen atoms in total. The maximum Gasteiger partial charge on any atom is 0.257 e. The number of rotatable bonds is 7. The van der Waals surface area contributed by atoms with Crippen LogP contribution in [0.2, 0.25) is 0 Å². The van der Waals surface area contributed by atoms with E-state index in [0.29, 0.717) is 34.1 Å². The second-order valence-corrected chi connectivity index (χ2v) is 8.24. The number of nitrogens with zero attached hydrogens (tertiary/aromatic N) is 2. The zero-order chi connectivity index (χ0) is 21.3. The fraction of sp³-hybridized carbons (Fsp3) is 0.364. The van der Waals surface area contributed by atoms with Crippen molar-refractivity contribution in [2.75, 3.05) is 46.5 Å². The van der Waals surface area contributed by atoms with Crippen molar-refractivity contribution < 1.29 is 14.3 Å². The molecular formula is C22H26BrN3O3S. The highest BCUT2D eigenvalue weighted by Crippen LogP contribution is 2.26. The van der Waals surface area contributed by atoms with Crippen LogP contribution in [0.1, 0.15) is 15.9 Å². The smallest absolute Gasteiger partial charge is 0.257 e. The van der Waals surface area contributed by atoms with Gasteiger partial charge in [0.25, 0.3) is 5.91 Å². The zero-order valence-corrected chi connectivity index (χ0v) is 19.4. The van der Waals surface area contributed by atoms with Crippen molar-refractivity contribution in [1.82, 2.24) is 15.1 Å². The van der Waals surface area contributed by atoms with E-state index in [-0.39, 0.29) is 5.91 Å². The van der Waals surface area contributed by atoms with Crippen LogP contribution in [-0.4, -0.2) is 67.3 Å². The minimum Gasteiger partial charge on any atom is -0.490 e. The SMILES string of the molecule is COCCOc1ccc(C(=O)NC(=S)N2CCN(Cc3ccccc3)CC2)cc1Br. The zero-order valence-electron chi connectivity index (χ0n) is 17.0. The van der Waals surface area contributed by atoms with Crippen LogP contribution < -0.4 is 10.1 Å². The first-order chi connectivity index (χ1) is 14.6. The summed E-state index contributed by atoms with van der Waals surface area (Å²) in [6.45, 7) is 5.28. The quantitative estimate of drug-likeness (QED) is 0.473. The Labute approximate surface area is 191 Å². The third-order valence-electron chi connectivity index (χ3n) is 4.87. The van der Waals surface area contributed by atoms with Crippen molar-refractivity contribution in [3.05, 3.63) is 64.1 Å². The first kappa shape index (κ1) is 22.7. The average Bonchev–Trinajstić information content (AvgIpc) is 2.76. The molecule has 0 aromatic heterocycles. The number of benzene rings is 2. The number of piperazine rings is 1. The molecule has 160 valence electrons. The lowest BCUT2D eigenvalue weighted by molar-refractivity contribution is 0.0969. The fourth-order valence-electron chi connectivity index (χ4n) is 3.19. The second-order valence-electron chi connectivity index (χ2n) is 6.99. The van der Waals surface area contributed by atoms with Gasteiger partial charge >= 0.3 is 0 Å². The number of carbonyl (C=O) groups is 1. The van der Waals surface area contributed by atoms with E-state index < -0.39 is 0 Å². The molecule has 0 aliphatic carbocycles. The Hall–Kier alpha value is -2.00. The average molecular weight is 492 g/mol. The van der Waals surface area contributed by atoms with Gasteiger partial charge in [-0.1, -0.05) is 30.3 Å². The minimum absolute atomic E-state index is 0.226. The molecule has 3 rings (SSSR count). The molecule has 2 aromatic carbocycles. The maximum absolute atomic E-state index is 12.6. The van der Waals surface area contributed by atoms with Crippen molar-refractivity contribution in [3.8, 4) is 5.75 Å². The lowest BCUT2D eigenvalue weighted by Crippen LogP contribution is -2.52. The molecule has 2 aromatic rings. The molecule has 0 spiro atoms. The van der Waals surface area contributed by atoms with Crippen LogP contribution in [0.15, 0.2) is 53.0 Å². The van der Waals surface area contributed by atoms with Crippen LogP contribution in [0.5, 0.6) is 5.75 Å². The maximum atomic E-state index is 12.6. The molecule has 1 heterocycles. The Kier molecular flexibility index (Phi) is 8.62. The molecule has 0 unspecified atom stereocenters. The summed E-state index contributed by atoms with van der Waals surface area (Å²) in [5, 5.41) is 3.32. The lowest BCUT2D eigenvalue weighted by atomic mass is 10.2. The van der Waals surface area contributed by atoms with E-state index in [1.165, 1.54) is 5.56 Å². The molecule has 0 bridgehead atoms. The van der Waals surface area contributed by atoms with Gasteiger partial charge in [0.15, 0.2) is 5.11 Å². The number of carbonyl (C=O) groups excluding carboxylic acids is 1. The Morgan fingerprint density at radius 2 is 1.83 bits per heavy atom. The first-order valence-electron chi connectivity index (χ1n) is 9.84. The first-order valence-corrected chi connectivity index (χ1v) is 11.0. The van der Waals surface area contributed by atoms with Gasteiger partial charge in [0, 0.05) is 45.4 Å². The summed E-state index contributed by atoms with van der Waals surface area (Å²) in [6.07, 6.45) is 0. The monoisotopic (exact) mass is 491 g/mol. The van der Waals surface area contributed by atoms with Crippen molar-refractivity contribution in [2.45, 2.75) is 6.54 Å². The van der Waals surface area contributed by atoms with Crippen molar-refractivity contribution >= 4 is 39.2 Å². The van der Waals surface area contributed by atoms with Gasteiger partial charge in [-0.05, 0) is 51.9 Å². The standard InChI is InChI=1S/C22H26BrN3O3S/c1-28-13-14-29-20-8-7-18(15-19(20)23)21(27)24-22(30)26-11-9-25(10-12-26)16-17-5-3-2-4-6-17/h2-8,15H,9-14,16H2,1H3,(H,24,27,30). The molecule has 1 N–H and O–H groups in total. The van der Waals surface area contributed by atoms with Crippen LogP contribution in [0.25, 0.3) is 0 Å². The van der Waals surface area contributed by atoms with E-state index in [1.54, 1.807) is 25.3 Å². The van der Waals surface area contributed by atoms with E-state index in [2.05, 4.69) is 50.4 Å². The third kappa shape index (κ3) is 6.50. The molecule has 0 saturated carbocycles. The number of nitrogens with one attached hydrogen (secondary N) is 1. The van der Waals surface area contributed by atoms with E-state index >= 15 is 0 Å². The number of hydrogen-bond donors (Lipinski definition) is 1. The minimum atomic E-state index is -0.226. The predicted molar refractivity (Wildman–Crippen MR) is 125 cm³/mol. The molecule has 1 fully saturated rings. The summed E-state index contributed by atoms with van der Waals surface area (Å²) >= 11 is 8.92. The molecule has 1 amide bonds. The summed E-state index contributed by atoms with van der Waals surface area (Å²) in [6, 6.07) is 15.7. The highest BCUT2D eigenvalue weighted by molar-refractivity contribution is 9.10. The molecule has 0 atom stereocenters. The number of thiocarbonyl (C=S) groups is 1. The van der Waals surface area contributed by atoms with Crippen molar-refractivity contribution in [2.24, 2.45) is 0 Å². The number of methoxy groups -OCH3 is 1. The van der Waals surface area contributed by atoms with Gasteiger partial charge in [-0.3, -0.25) is 15.0 Å². The van der Waals surface area contributed by atoms with Crippen LogP contribution >= 0.6 is 28.1 Å². The summed E-state index contributed by atoms with van der Waals surface area (Å²) in [4.78, 5) is 17.1. The van der Waals surface area contributed by atoms with E-state index in [0.717, 1.165) is 32.7 Å². The second kappa shape index (κ2) is 11.4. The van der Waals surface area contributed by atoms with Gasteiger partial charge in [0.05, 0.1) is 11.1 Å². The predicted octanol–water partition coefficient (Wildman–Crippen LogP) is 3.31. The summed E-state index contributed by atoms with van der Waals surface area (Å²) in [7, 11) is 1.62. The van der Waals surface area contributed by atoms with Crippen LogP contribution in [0.4, 0.5) is 0 Å². The van der Waals surface area contributed by atoms with E-state index in [1.807, 2.05) is 11.0 Å². The number of amides is 1. The number of halogens is 1. The number of hydrogen-bond acceptors (Lipinski definition) is 5. The molecule has 1 saturated heterocycles. The molecule has 30 heavy (non-hydrogen) atoms. The Morgan fingerprint density at radius 3 is 2.50 bits per heavy atom. The highest BCUT2D eigenvalue weighted by atomic mass is 79.9. The van der Waals surface area contributed by atoms with E-state index in [4.69, 9.17) is 21.7 Å². The van der Waals surface area contributed by atoms with Crippen molar-refractivity contribution in [1.29, 1.82) is 0 Å². The normalized spacial score (nSPS) is 14.4. The van der Waals surface area contributed by atoms with Crippen LogP contribution in [-0.2, 0) is 11.3 Å². The molecule has 1 aliphatic rings. The number of ether oxygens (including phenoxy) is 2. The van der Waals surface area contributed by atoms with Crippen LogP contribution in [0, 0.1) is 0 Å². The molecule has 0 radical (unpaired) electrons. The van der Waals surface area contributed by atoms with Gasteiger partial charge in [-0.2, -0.15) is 0 Å². The fourth-order valence-corrected chi connectivity index (χ4v) is 3.96. The topological polar surface area (TPSA) is 54.0 Å². The van der Waals surface area contributed by atoms with Gasteiger partial charge in [-0.15, -0.1) is 0 Å². The summed E-state index contributed by atoms with van der Waals surface area (Å²) in [5.74, 6) is 0.441. The molecular weight excluding hydrogens is 466 g/mol. The Balaban J connectivity index is 1.47. The van der Waals surface area contributed by atoms with Gasteiger partial charge in [-0.25, -0.2) is 0 Å². The largest absolute Gasteiger partial charge is 0.490 e. The third-order valence-corrected chi connectivity index (χ3v) is 5.85.